The van der Waals surface area contributed by atoms with Crippen molar-refractivity contribution in [3.63, 3.8) is 0 Å². The molecule has 0 N–H and O–H groups in total. The van der Waals surface area contributed by atoms with Gasteiger partial charge in [0.25, 0.3) is 5.92 Å². The number of aromatic nitrogens is 2. The highest BCUT2D eigenvalue weighted by molar-refractivity contribution is 5.17. The predicted octanol–water partition coefficient (Wildman–Crippen LogP) is 1.82. The van der Waals surface area contributed by atoms with Crippen LogP contribution in [0.4, 0.5) is 8.78 Å². The SMILES string of the molecule is CC(C)(C)c1nonc1CN1CC(F)(F)C1. The van der Waals surface area contributed by atoms with Gasteiger partial charge in [-0.1, -0.05) is 31.1 Å². The maximum absolute atomic E-state index is 12.7. The van der Waals surface area contributed by atoms with E-state index < -0.39 is 5.92 Å². The summed E-state index contributed by atoms with van der Waals surface area (Å²) in [7, 11) is 0. The van der Waals surface area contributed by atoms with Crippen molar-refractivity contribution in [3.05, 3.63) is 11.4 Å². The van der Waals surface area contributed by atoms with Gasteiger partial charge in [0.1, 0.15) is 11.4 Å². The number of hydrogen-bond acceptors (Lipinski definition) is 4. The van der Waals surface area contributed by atoms with Crippen molar-refractivity contribution in [2.24, 2.45) is 0 Å². The summed E-state index contributed by atoms with van der Waals surface area (Å²) in [5.74, 6) is -2.54. The Hall–Kier alpha value is -1.04. The van der Waals surface area contributed by atoms with E-state index in [2.05, 4.69) is 14.9 Å². The number of rotatable bonds is 2. The van der Waals surface area contributed by atoms with Gasteiger partial charge in [0.05, 0.1) is 13.1 Å². The lowest BCUT2D eigenvalue weighted by molar-refractivity contribution is -0.134. The third kappa shape index (κ3) is 2.21. The molecule has 0 aromatic carbocycles. The molecular weight excluding hydrogens is 216 g/mol. The van der Waals surface area contributed by atoms with Crippen LogP contribution in [0.2, 0.25) is 0 Å². The second-order valence-electron chi connectivity index (χ2n) is 5.31. The van der Waals surface area contributed by atoms with Gasteiger partial charge in [-0.15, -0.1) is 0 Å². The molecule has 0 amide bonds. The number of alkyl halides is 2. The molecule has 0 saturated carbocycles. The first-order valence-electron chi connectivity index (χ1n) is 5.20. The van der Waals surface area contributed by atoms with Crippen molar-refractivity contribution in [3.8, 4) is 0 Å². The minimum Gasteiger partial charge on any atom is -0.285 e. The van der Waals surface area contributed by atoms with Crippen LogP contribution in [-0.2, 0) is 12.0 Å². The Balaban J connectivity index is 2.04. The fourth-order valence-electron chi connectivity index (χ4n) is 1.81. The minimum absolute atomic E-state index is 0.178. The van der Waals surface area contributed by atoms with E-state index in [0.29, 0.717) is 12.2 Å². The third-order valence-corrected chi connectivity index (χ3v) is 2.55. The largest absolute Gasteiger partial charge is 0.285 e. The van der Waals surface area contributed by atoms with Crippen LogP contribution in [0.25, 0.3) is 0 Å². The summed E-state index contributed by atoms with van der Waals surface area (Å²) in [5.41, 5.74) is 1.22. The zero-order valence-corrected chi connectivity index (χ0v) is 9.63. The topological polar surface area (TPSA) is 42.2 Å². The van der Waals surface area contributed by atoms with Crippen LogP contribution in [0.15, 0.2) is 4.63 Å². The van der Waals surface area contributed by atoms with Crippen molar-refractivity contribution < 1.29 is 13.4 Å². The molecule has 90 valence electrons. The Morgan fingerprint density at radius 2 is 1.94 bits per heavy atom. The molecule has 0 aliphatic carbocycles. The zero-order chi connectivity index (χ0) is 12.0. The van der Waals surface area contributed by atoms with Crippen molar-refractivity contribution in [1.29, 1.82) is 0 Å². The average Bonchev–Trinajstić information content (AvgIpc) is 2.47. The van der Waals surface area contributed by atoms with Crippen LogP contribution in [0.1, 0.15) is 32.2 Å². The molecule has 16 heavy (non-hydrogen) atoms. The second-order valence-corrected chi connectivity index (χ2v) is 5.31. The normalized spacial score (nSPS) is 20.8. The first-order chi connectivity index (χ1) is 7.28. The lowest BCUT2D eigenvalue weighted by Gasteiger charge is -2.38. The van der Waals surface area contributed by atoms with E-state index in [4.69, 9.17) is 0 Å². The van der Waals surface area contributed by atoms with Crippen LogP contribution in [0.5, 0.6) is 0 Å². The van der Waals surface area contributed by atoms with Gasteiger partial charge in [0, 0.05) is 12.0 Å². The van der Waals surface area contributed by atoms with Crippen LogP contribution >= 0.6 is 0 Å². The Kier molecular flexibility index (Phi) is 2.49. The quantitative estimate of drug-likeness (QED) is 0.778. The van der Waals surface area contributed by atoms with Gasteiger partial charge in [0.2, 0.25) is 0 Å². The molecule has 1 aliphatic rings. The molecule has 1 aliphatic heterocycles. The fourth-order valence-corrected chi connectivity index (χ4v) is 1.81. The summed E-state index contributed by atoms with van der Waals surface area (Å²) in [6.45, 7) is 5.93. The van der Waals surface area contributed by atoms with E-state index in [-0.39, 0.29) is 18.5 Å². The molecule has 4 nitrogen and oxygen atoms in total. The Morgan fingerprint density at radius 1 is 1.31 bits per heavy atom. The molecule has 0 bridgehead atoms. The van der Waals surface area contributed by atoms with E-state index in [1.54, 1.807) is 4.90 Å². The van der Waals surface area contributed by atoms with Gasteiger partial charge < -0.3 is 0 Å². The molecule has 1 aromatic rings. The van der Waals surface area contributed by atoms with Gasteiger partial charge in [-0.3, -0.25) is 4.90 Å². The number of hydrogen-bond donors (Lipinski definition) is 0. The fraction of sp³-hybridized carbons (Fsp3) is 0.800. The molecule has 0 radical (unpaired) electrons. The highest BCUT2D eigenvalue weighted by Crippen LogP contribution is 2.30. The molecule has 0 atom stereocenters. The van der Waals surface area contributed by atoms with Crippen molar-refractivity contribution in [2.75, 3.05) is 13.1 Å². The summed E-state index contributed by atoms with van der Waals surface area (Å²) in [5, 5.41) is 7.61. The summed E-state index contributed by atoms with van der Waals surface area (Å²) in [4.78, 5) is 1.63. The van der Waals surface area contributed by atoms with Gasteiger partial charge in [-0.25, -0.2) is 13.4 Å². The van der Waals surface area contributed by atoms with Crippen molar-refractivity contribution >= 4 is 0 Å². The summed E-state index contributed by atoms with van der Waals surface area (Å²) in [6, 6.07) is 0. The molecule has 1 aromatic heterocycles. The molecule has 0 unspecified atom stereocenters. The highest BCUT2D eigenvalue weighted by atomic mass is 19.3. The van der Waals surface area contributed by atoms with Gasteiger partial charge in [0.15, 0.2) is 0 Å². The van der Waals surface area contributed by atoms with Gasteiger partial charge in [-0.2, -0.15) is 0 Å². The van der Waals surface area contributed by atoms with Crippen molar-refractivity contribution in [1.82, 2.24) is 15.2 Å². The van der Waals surface area contributed by atoms with E-state index in [0.717, 1.165) is 5.69 Å². The molecule has 1 fully saturated rings. The number of halogens is 2. The Bertz CT molecular complexity index is 376. The smallest absolute Gasteiger partial charge is 0.272 e. The van der Waals surface area contributed by atoms with Crippen molar-refractivity contribution in [2.45, 2.75) is 38.7 Å². The van der Waals surface area contributed by atoms with Crippen LogP contribution in [-0.4, -0.2) is 34.2 Å². The molecular formula is C10H15F2N3O. The lowest BCUT2D eigenvalue weighted by atomic mass is 9.90. The molecule has 2 heterocycles. The average molecular weight is 231 g/mol. The zero-order valence-electron chi connectivity index (χ0n) is 9.63. The molecule has 1 saturated heterocycles. The van der Waals surface area contributed by atoms with Crippen LogP contribution in [0, 0.1) is 0 Å². The number of nitrogens with zero attached hydrogens (tertiary/aromatic N) is 3. The van der Waals surface area contributed by atoms with Crippen LogP contribution < -0.4 is 0 Å². The molecule has 0 spiro atoms. The lowest BCUT2D eigenvalue weighted by Crippen LogP contribution is -2.55. The standard InChI is InChI=1S/C10H15F2N3O/c1-9(2,3)8-7(13-16-14-8)4-15-5-10(11,12)6-15/h4-6H2,1-3H3. The van der Waals surface area contributed by atoms with E-state index in [1.807, 2.05) is 20.8 Å². The van der Waals surface area contributed by atoms with E-state index in [1.165, 1.54) is 0 Å². The van der Waals surface area contributed by atoms with Gasteiger partial charge >= 0.3 is 0 Å². The summed E-state index contributed by atoms with van der Waals surface area (Å²) >= 11 is 0. The predicted molar refractivity (Wildman–Crippen MR) is 53.2 cm³/mol. The third-order valence-electron chi connectivity index (χ3n) is 2.55. The maximum atomic E-state index is 12.7. The maximum Gasteiger partial charge on any atom is 0.272 e. The highest BCUT2D eigenvalue weighted by Gasteiger charge is 2.44. The Morgan fingerprint density at radius 3 is 2.44 bits per heavy atom. The first-order valence-corrected chi connectivity index (χ1v) is 5.20. The first kappa shape index (κ1) is 11.4. The number of likely N-dealkylation sites (tertiary alicyclic amines) is 1. The monoisotopic (exact) mass is 231 g/mol. The van der Waals surface area contributed by atoms with E-state index >= 15 is 0 Å². The summed E-state index contributed by atoms with van der Waals surface area (Å²) < 4.78 is 30.0. The van der Waals surface area contributed by atoms with E-state index in [9.17, 15) is 8.78 Å². The molecule has 6 heteroatoms. The second kappa shape index (κ2) is 3.48. The van der Waals surface area contributed by atoms with Crippen LogP contribution in [0.3, 0.4) is 0 Å². The van der Waals surface area contributed by atoms with Gasteiger partial charge in [-0.05, 0) is 0 Å². The minimum atomic E-state index is -2.54. The molecule has 2 rings (SSSR count). The Labute approximate surface area is 92.6 Å². The summed E-state index contributed by atoms with van der Waals surface area (Å²) in [6.07, 6.45) is 0.